The summed E-state index contributed by atoms with van der Waals surface area (Å²) in [6, 6.07) is 0.590. The molecule has 0 aliphatic rings. The van der Waals surface area contributed by atoms with Crippen molar-refractivity contribution in [2.45, 2.75) is 219 Å². The summed E-state index contributed by atoms with van der Waals surface area (Å²) >= 11 is 0. The summed E-state index contributed by atoms with van der Waals surface area (Å²) in [5.41, 5.74) is 0. The van der Waals surface area contributed by atoms with Crippen LogP contribution in [0.3, 0.4) is 0 Å². The molecule has 0 saturated carbocycles. The number of hydrogen-bond acceptors (Lipinski definition) is 1. The van der Waals surface area contributed by atoms with Gasteiger partial charge in [-0.15, -0.1) is 0 Å². The van der Waals surface area contributed by atoms with Crippen LogP contribution in [-0.4, -0.2) is 9.55 Å². The normalized spacial score (nSPS) is 13.2. The van der Waals surface area contributed by atoms with E-state index in [-0.39, 0.29) is 0 Å². The van der Waals surface area contributed by atoms with Gasteiger partial charge in [-0.3, -0.25) is 0 Å². The van der Waals surface area contributed by atoms with Crippen molar-refractivity contribution in [1.29, 1.82) is 0 Å². The van der Waals surface area contributed by atoms with Crippen molar-refractivity contribution in [2.75, 3.05) is 0 Å². The van der Waals surface area contributed by atoms with Gasteiger partial charge >= 0.3 is 0 Å². The molecule has 0 amide bonds. The Balaban J connectivity index is 2.40. The van der Waals surface area contributed by atoms with Gasteiger partial charge in [0.05, 0.1) is 0 Å². The fourth-order valence-electron chi connectivity index (χ4n) is 6.35. The van der Waals surface area contributed by atoms with Crippen molar-refractivity contribution in [3.63, 3.8) is 0 Å². The molecule has 1 aromatic rings. The van der Waals surface area contributed by atoms with Gasteiger partial charge in [0.25, 0.3) is 0 Å². The molecule has 2 heteroatoms. The van der Waals surface area contributed by atoms with Gasteiger partial charge in [0.2, 0.25) is 0 Å². The lowest BCUT2D eigenvalue weighted by Gasteiger charge is -2.22. The summed E-state index contributed by atoms with van der Waals surface area (Å²) in [5, 5.41) is 0. The number of rotatable bonds is 30. The van der Waals surface area contributed by atoms with Crippen LogP contribution in [0.1, 0.15) is 225 Å². The maximum Gasteiger partial charge on any atom is 0.111 e. The van der Waals surface area contributed by atoms with Crippen LogP contribution in [-0.2, 0) is 0 Å². The average molecular weight is 545 g/mol. The van der Waals surface area contributed by atoms with Crippen molar-refractivity contribution in [2.24, 2.45) is 0 Å². The maximum absolute atomic E-state index is 4.98. The van der Waals surface area contributed by atoms with Crippen molar-refractivity contribution in [1.82, 2.24) is 9.55 Å². The van der Waals surface area contributed by atoms with Gasteiger partial charge in [-0.25, -0.2) is 4.98 Å². The Kier molecular flexibility index (Phi) is 25.4. The molecule has 0 N–H and O–H groups in total. The summed E-state index contributed by atoms with van der Waals surface area (Å²) in [6.07, 6.45) is 43.8. The SMILES string of the molecule is CCCCCCCCCCCCCCC(CCCCCCCCCCC)c1nccn1C(C)CCCCCC. The van der Waals surface area contributed by atoms with Crippen LogP contribution >= 0.6 is 0 Å². The van der Waals surface area contributed by atoms with Crippen LogP contribution in [0.5, 0.6) is 0 Å². The highest BCUT2D eigenvalue weighted by molar-refractivity contribution is 5.02. The molecule has 1 heterocycles. The highest BCUT2D eigenvalue weighted by Gasteiger charge is 2.19. The summed E-state index contributed by atoms with van der Waals surface area (Å²) in [4.78, 5) is 4.98. The lowest BCUT2D eigenvalue weighted by molar-refractivity contribution is 0.413. The summed E-state index contributed by atoms with van der Waals surface area (Å²) < 4.78 is 2.56. The Hall–Kier alpha value is -0.790. The molecular formula is C37H72N2. The minimum Gasteiger partial charge on any atom is -0.332 e. The van der Waals surface area contributed by atoms with Gasteiger partial charge < -0.3 is 4.57 Å². The number of aromatic nitrogens is 2. The lowest BCUT2D eigenvalue weighted by Crippen LogP contribution is -2.13. The van der Waals surface area contributed by atoms with E-state index in [4.69, 9.17) is 4.98 Å². The fraction of sp³-hybridized carbons (Fsp3) is 0.919. The molecule has 0 spiro atoms. The highest BCUT2D eigenvalue weighted by Crippen LogP contribution is 2.30. The number of unbranched alkanes of at least 4 members (excludes halogenated alkanes) is 22. The van der Waals surface area contributed by atoms with E-state index in [1.807, 2.05) is 0 Å². The minimum atomic E-state index is 0.590. The molecule has 0 aliphatic carbocycles. The molecule has 0 bridgehead atoms. The first-order chi connectivity index (χ1) is 19.2. The van der Waals surface area contributed by atoms with Gasteiger partial charge in [0.15, 0.2) is 0 Å². The van der Waals surface area contributed by atoms with E-state index in [1.165, 1.54) is 186 Å². The monoisotopic (exact) mass is 545 g/mol. The fourth-order valence-corrected chi connectivity index (χ4v) is 6.35. The van der Waals surface area contributed by atoms with Gasteiger partial charge in [-0.05, 0) is 26.2 Å². The molecule has 0 saturated heterocycles. The van der Waals surface area contributed by atoms with Crippen LogP contribution in [0, 0.1) is 0 Å². The second-order valence-corrected chi connectivity index (χ2v) is 12.9. The average Bonchev–Trinajstić information content (AvgIpc) is 3.44. The maximum atomic E-state index is 4.98. The Morgan fingerprint density at radius 3 is 1.23 bits per heavy atom. The largest absolute Gasteiger partial charge is 0.332 e. The molecule has 0 aliphatic heterocycles. The third-order valence-corrected chi connectivity index (χ3v) is 9.08. The van der Waals surface area contributed by atoms with Crippen LogP contribution < -0.4 is 0 Å². The molecule has 39 heavy (non-hydrogen) atoms. The summed E-state index contributed by atoms with van der Waals surface area (Å²) in [7, 11) is 0. The molecule has 0 aromatic carbocycles. The Morgan fingerprint density at radius 2 is 0.821 bits per heavy atom. The van der Waals surface area contributed by atoms with Crippen molar-refractivity contribution in [3.05, 3.63) is 18.2 Å². The first kappa shape index (κ1) is 36.2. The van der Waals surface area contributed by atoms with Gasteiger partial charge in [-0.2, -0.15) is 0 Å². The first-order valence-corrected chi connectivity index (χ1v) is 18.3. The Bertz CT molecular complexity index is 606. The highest BCUT2D eigenvalue weighted by atomic mass is 15.1. The van der Waals surface area contributed by atoms with E-state index in [0.29, 0.717) is 12.0 Å². The summed E-state index contributed by atoms with van der Waals surface area (Å²) in [6.45, 7) is 9.36. The second-order valence-electron chi connectivity index (χ2n) is 12.9. The van der Waals surface area contributed by atoms with Gasteiger partial charge in [0.1, 0.15) is 5.82 Å². The standard InChI is InChI=1S/C37H72N2/c1-5-8-11-14-16-18-19-20-22-24-26-29-32-36(31-28-25-23-21-17-15-12-9-6-2)37-38-33-34-39(37)35(4)30-27-13-10-7-3/h33-36H,5-32H2,1-4H3. The lowest BCUT2D eigenvalue weighted by atomic mass is 9.92. The zero-order valence-electron chi connectivity index (χ0n) is 27.5. The number of nitrogens with zero attached hydrogens (tertiary/aromatic N) is 2. The van der Waals surface area contributed by atoms with E-state index in [2.05, 4.69) is 44.7 Å². The number of imidazole rings is 1. The molecular weight excluding hydrogens is 472 g/mol. The minimum absolute atomic E-state index is 0.590. The zero-order chi connectivity index (χ0) is 28.2. The Morgan fingerprint density at radius 1 is 0.487 bits per heavy atom. The van der Waals surface area contributed by atoms with E-state index >= 15 is 0 Å². The third kappa shape index (κ3) is 19.8. The van der Waals surface area contributed by atoms with Gasteiger partial charge in [0, 0.05) is 24.4 Å². The van der Waals surface area contributed by atoms with Crippen LogP contribution in [0.2, 0.25) is 0 Å². The predicted molar refractivity (Wildman–Crippen MR) is 176 cm³/mol. The van der Waals surface area contributed by atoms with Crippen LogP contribution in [0.25, 0.3) is 0 Å². The molecule has 0 radical (unpaired) electrons. The predicted octanol–water partition coefficient (Wildman–Crippen LogP) is 13.5. The van der Waals surface area contributed by atoms with Crippen LogP contribution in [0.15, 0.2) is 12.4 Å². The van der Waals surface area contributed by atoms with Crippen LogP contribution in [0.4, 0.5) is 0 Å². The number of hydrogen-bond donors (Lipinski definition) is 0. The quantitative estimate of drug-likeness (QED) is 0.0880. The first-order valence-electron chi connectivity index (χ1n) is 18.3. The van der Waals surface area contributed by atoms with Crippen molar-refractivity contribution >= 4 is 0 Å². The van der Waals surface area contributed by atoms with Gasteiger partial charge in [-0.1, -0.05) is 181 Å². The van der Waals surface area contributed by atoms with Crippen molar-refractivity contribution in [3.8, 4) is 0 Å². The van der Waals surface area contributed by atoms with E-state index in [9.17, 15) is 0 Å². The summed E-state index contributed by atoms with van der Waals surface area (Å²) in [5.74, 6) is 2.06. The van der Waals surface area contributed by atoms with Crippen molar-refractivity contribution < 1.29 is 0 Å². The molecule has 1 rings (SSSR count). The molecule has 0 fully saturated rings. The smallest absolute Gasteiger partial charge is 0.111 e. The Labute approximate surface area is 246 Å². The molecule has 230 valence electrons. The molecule has 1 aromatic heterocycles. The molecule has 2 unspecified atom stereocenters. The molecule has 2 atom stereocenters. The van der Waals surface area contributed by atoms with E-state index < -0.39 is 0 Å². The van der Waals surface area contributed by atoms with E-state index in [1.54, 1.807) is 0 Å². The molecule has 2 nitrogen and oxygen atoms in total. The topological polar surface area (TPSA) is 17.8 Å². The second kappa shape index (κ2) is 27.4. The third-order valence-electron chi connectivity index (χ3n) is 9.08. The zero-order valence-corrected chi connectivity index (χ0v) is 27.5. The van der Waals surface area contributed by atoms with E-state index in [0.717, 1.165) is 0 Å².